The summed E-state index contributed by atoms with van der Waals surface area (Å²) in [7, 11) is 0. The molecular formula is C12H14N2O3. The van der Waals surface area contributed by atoms with Crippen molar-refractivity contribution in [2.45, 2.75) is 18.6 Å². The second kappa shape index (κ2) is 5.07. The van der Waals surface area contributed by atoms with Gasteiger partial charge in [0.05, 0.1) is 18.6 Å². The number of aliphatic hydroxyl groups is 1. The molecule has 1 aromatic rings. The van der Waals surface area contributed by atoms with E-state index in [-0.39, 0.29) is 24.8 Å². The lowest BCUT2D eigenvalue weighted by Gasteiger charge is -2.14. The largest absolute Gasteiger partial charge is 0.387 e. The summed E-state index contributed by atoms with van der Waals surface area (Å²) in [6.07, 6.45) is -0.542. The van der Waals surface area contributed by atoms with Gasteiger partial charge in [0, 0.05) is 6.54 Å². The number of benzene rings is 1. The summed E-state index contributed by atoms with van der Waals surface area (Å²) in [5, 5.41) is 14.9. The molecule has 2 atom stereocenters. The quantitative estimate of drug-likeness (QED) is 0.626. The Balaban J connectivity index is 1.86. The van der Waals surface area contributed by atoms with E-state index in [4.69, 9.17) is 0 Å². The molecule has 1 fully saturated rings. The van der Waals surface area contributed by atoms with Gasteiger partial charge < -0.3 is 10.4 Å². The average molecular weight is 234 g/mol. The maximum Gasteiger partial charge on any atom is 0.244 e. The molecule has 90 valence electrons. The minimum absolute atomic E-state index is 0.139. The Morgan fingerprint density at radius 3 is 2.65 bits per heavy atom. The first kappa shape index (κ1) is 11.8. The summed E-state index contributed by atoms with van der Waals surface area (Å²) in [4.78, 5) is 22.2. The fourth-order valence-electron chi connectivity index (χ4n) is 1.77. The fraction of sp³-hybridized carbons (Fsp3) is 0.333. The van der Waals surface area contributed by atoms with Crippen LogP contribution in [-0.2, 0) is 9.59 Å². The van der Waals surface area contributed by atoms with Crippen LogP contribution in [0.3, 0.4) is 0 Å². The van der Waals surface area contributed by atoms with Crippen LogP contribution < -0.4 is 10.6 Å². The van der Waals surface area contributed by atoms with Crippen molar-refractivity contribution in [3.05, 3.63) is 35.9 Å². The Morgan fingerprint density at radius 2 is 2.06 bits per heavy atom. The normalized spacial score (nSPS) is 21.4. The molecule has 0 spiro atoms. The van der Waals surface area contributed by atoms with Gasteiger partial charge in [0.2, 0.25) is 11.8 Å². The zero-order valence-electron chi connectivity index (χ0n) is 9.22. The number of imide groups is 1. The van der Waals surface area contributed by atoms with Crippen molar-refractivity contribution in [1.29, 1.82) is 0 Å². The number of nitrogens with one attached hydrogen (secondary N) is 2. The average Bonchev–Trinajstić information content (AvgIpc) is 2.66. The predicted molar refractivity (Wildman–Crippen MR) is 61.0 cm³/mol. The van der Waals surface area contributed by atoms with E-state index in [1.807, 2.05) is 30.3 Å². The first-order chi connectivity index (χ1) is 8.16. The van der Waals surface area contributed by atoms with Crippen LogP contribution >= 0.6 is 0 Å². The molecule has 2 amide bonds. The van der Waals surface area contributed by atoms with E-state index in [1.165, 1.54) is 0 Å². The smallest absolute Gasteiger partial charge is 0.244 e. The SMILES string of the molecule is O=C1CC(NCC(O)c2ccccc2)C(=O)N1. The zero-order chi connectivity index (χ0) is 12.3. The van der Waals surface area contributed by atoms with Crippen LogP contribution in [0.1, 0.15) is 18.1 Å². The van der Waals surface area contributed by atoms with Gasteiger partial charge in [-0.05, 0) is 5.56 Å². The first-order valence-corrected chi connectivity index (χ1v) is 5.47. The van der Waals surface area contributed by atoms with Crippen molar-refractivity contribution in [2.24, 2.45) is 0 Å². The second-order valence-electron chi connectivity index (χ2n) is 4.00. The molecule has 5 nitrogen and oxygen atoms in total. The summed E-state index contributed by atoms with van der Waals surface area (Å²) in [5.74, 6) is -0.600. The lowest BCUT2D eigenvalue weighted by atomic mass is 10.1. The summed E-state index contributed by atoms with van der Waals surface area (Å²) in [6, 6.07) is 8.64. The monoisotopic (exact) mass is 234 g/mol. The number of aliphatic hydroxyl groups excluding tert-OH is 1. The zero-order valence-corrected chi connectivity index (χ0v) is 9.22. The highest BCUT2D eigenvalue weighted by Gasteiger charge is 2.30. The van der Waals surface area contributed by atoms with Crippen molar-refractivity contribution in [3.8, 4) is 0 Å². The van der Waals surface area contributed by atoms with Gasteiger partial charge in [-0.25, -0.2) is 0 Å². The van der Waals surface area contributed by atoms with Crippen molar-refractivity contribution in [2.75, 3.05) is 6.54 Å². The Labute approximate surface area is 98.8 Å². The van der Waals surface area contributed by atoms with E-state index in [0.717, 1.165) is 5.56 Å². The fourth-order valence-corrected chi connectivity index (χ4v) is 1.77. The molecule has 3 N–H and O–H groups in total. The van der Waals surface area contributed by atoms with Crippen LogP contribution in [0.5, 0.6) is 0 Å². The van der Waals surface area contributed by atoms with Gasteiger partial charge in [-0.15, -0.1) is 0 Å². The maximum absolute atomic E-state index is 11.3. The van der Waals surface area contributed by atoms with Crippen LogP contribution in [0.15, 0.2) is 30.3 Å². The first-order valence-electron chi connectivity index (χ1n) is 5.47. The van der Waals surface area contributed by atoms with E-state index in [2.05, 4.69) is 10.6 Å². The molecule has 17 heavy (non-hydrogen) atoms. The molecule has 0 bridgehead atoms. The molecule has 0 aromatic heterocycles. The number of carbonyl (C=O) groups is 2. The van der Waals surface area contributed by atoms with E-state index >= 15 is 0 Å². The van der Waals surface area contributed by atoms with Gasteiger partial charge in [0.25, 0.3) is 0 Å². The van der Waals surface area contributed by atoms with Crippen molar-refractivity contribution in [3.63, 3.8) is 0 Å². The lowest BCUT2D eigenvalue weighted by molar-refractivity contribution is -0.125. The second-order valence-corrected chi connectivity index (χ2v) is 4.00. The highest BCUT2D eigenvalue weighted by Crippen LogP contribution is 2.11. The van der Waals surface area contributed by atoms with Crippen LogP contribution in [0.4, 0.5) is 0 Å². The van der Waals surface area contributed by atoms with Crippen molar-refractivity contribution >= 4 is 11.8 Å². The van der Waals surface area contributed by atoms with Gasteiger partial charge in [-0.2, -0.15) is 0 Å². The molecule has 1 heterocycles. The van der Waals surface area contributed by atoms with E-state index < -0.39 is 12.1 Å². The molecule has 0 radical (unpaired) electrons. The molecule has 1 aliphatic rings. The van der Waals surface area contributed by atoms with E-state index in [0.29, 0.717) is 0 Å². The Bertz CT molecular complexity index is 419. The van der Waals surface area contributed by atoms with Gasteiger partial charge >= 0.3 is 0 Å². The predicted octanol–water partition coefficient (Wildman–Crippen LogP) is -0.275. The highest BCUT2D eigenvalue weighted by molar-refractivity contribution is 6.05. The van der Waals surface area contributed by atoms with E-state index in [9.17, 15) is 14.7 Å². The van der Waals surface area contributed by atoms with Gasteiger partial charge in [0.15, 0.2) is 0 Å². The van der Waals surface area contributed by atoms with E-state index in [1.54, 1.807) is 0 Å². The highest BCUT2D eigenvalue weighted by atomic mass is 16.3. The number of hydrogen-bond donors (Lipinski definition) is 3. The molecule has 5 heteroatoms. The van der Waals surface area contributed by atoms with Crippen LogP contribution in [0.25, 0.3) is 0 Å². The summed E-state index contributed by atoms with van der Waals surface area (Å²) in [6.45, 7) is 0.245. The standard InChI is InChI=1S/C12H14N2O3/c15-10(8-4-2-1-3-5-8)7-13-9-6-11(16)14-12(9)17/h1-5,9-10,13,15H,6-7H2,(H,14,16,17). The topological polar surface area (TPSA) is 78.4 Å². The summed E-state index contributed by atoms with van der Waals surface area (Å²) in [5.41, 5.74) is 0.782. The number of rotatable bonds is 4. The number of carbonyl (C=O) groups excluding carboxylic acids is 2. The van der Waals surface area contributed by atoms with Gasteiger partial charge in [-0.3, -0.25) is 14.9 Å². The molecule has 1 aromatic carbocycles. The number of amides is 2. The van der Waals surface area contributed by atoms with Gasteiger partial charge in [-0.1, -0.05) is 30.3 Å². The van der Waals surface area contributed by atoms with Gasteiger partial charge in [0.1, 0.15) is 0 Å². The molecule has 0 aliphatic carbocycles. The maximum atomic E-state index is 11.3. The minimum Gasteiger partial charge on any atom is -0.387 e. The lowest BCUT2D eigenvalue weighted by Crippen LogP contribution is -2.38. The van der Waals surface area contributed by atoms with Crippen LogP contribution in [0.2, 0.25) is 0 Å². The third-order valence-electron chi connectivity index (χ3n) is 2.71. The molecule has 2 unspecified atom stereocenters. The molecule has 2 rings (SSSR count). The van der Waals surface area contributed by atoms with Crippen LogP contribution in [0, 0.1) is 0 Å². The minimum atomic E-state index is -0.681. The molecule has 1 saturated heterocycles. The summed E-state index contributed by atoms with van der Waals surface area (Å²) >= 11 is 0. The Hall–Kier alpha value is -1.72. The Kier molecular flexibility index (Phi) is 3.51. The molecule has 0 saturated carbocycles. The number of hydrogen-bond acceptors (Lipinski definition) is 4. The summed E-state index contributed by atoms with van der Waals surface area (Å²) < 4.78 is 0. The van der Waals surface area contributed by atoms with Crippen LogP contribution in [-0.4, -0.2) is 29.5 Å². The molecule has 1 aliphatic heterocycles. The van der Waals surface area contributed by atoms with Crippen molar-refractivity contribution < 1.29 is 14.7 Å². The third kappa shape index (κ3) is 2.89. The Morgan fingerprint density at radius 1 is 1.35 bits per heavy atom. The van der Waals surface area contributed by atoms with Crippen molar-refractivity contribution in [1.82, 2.24) is 10.6 Å². The third-order valence-corrected chi connectivity index (χ3v) is 2.71. The molecular weight excluding hydrogens is 220 g/mol.